The first-order valence-electron chi connectivity index (χ1n) is 5.92. The summed E-state index contributed by atoms with van der Waals surface area (Å²) in [7, 11) is 0. The first-order chi connectivity index (χ1) is 6.81. The smallest absolute Gasteiger partial charge is 0.00805 e. The second-order valence-corrected chi connectivity index (χ2v) is 6.31. The summed E-state index contributed by atoms with van der Waals surface area (Å²) in [5.41, 5.74) is 2.50. The predicted octanol–water partition coefficient (Wildman–Crippen LogP) is 3.97. The van der Waals surface area contributed by atoms with Crippen molar-refractivity contribution in [1.29, 1.82) is 0 Å². The van der Waals surface area contributed by atoms with Crippen molar-refractivity contribution in [2.75, 3.05) is 0 Å². The predicted molar refractivity (Wildman–Crippen MR) is 62.0 cm³/mol. The van der Waals surface area contributed by atoms with Crippen molar-refractivity contribution < 1.29 is 0 Å². The molecule has 1 heterocycles. The van der Waals surface area contributed by atoms with Crippen LogP contribution in [0.3, 0.4) is 0 Å². The van der Waals surface area contributed by atoms with Gasteiger partial charge in [-0.3, -0.25) is 0 Å². The summed E-state index contributed by atoms with van der Waals surface area (Å²) in [5, 5.41) is 0. The molecule has 0 atom stereocenters. The third-order valence-electron chi connectivity index (χ3n) is 3.85. The standard InChI is InChI=1S/C13H18S/c1-2-3-11-8-10-9-13(6-7-13)5-4-12(10)14-11/h8H,2-7,9H2,1H3. The molecule has 3 rings (SSSR count). The largest absolute Gasteiger partial charge is 0.145 e. The van der Waals surface area contributed by atoms with Crippen LogP contribution in [0.15, 0.2) is 6.07 Å². The van der Waals surface area contributed by atoms with Crippen LogP contribution in [-0.2, 0) is 19.3 Å². The molecule has 1 saturated carbocycles. The Balaban J connectivity index is 1.86. The van der Waals surface area contributed by atoms with Gasteiger partial charge in [0.15, 0.2) is 0 Å². The second-order valence-electron chi connectivity index (χ2n) is 5.09. The summed E-state index contributed by atoms with van der Waals surface area (Å²) in [6, 6.07) is 2.50. The zero-order valence-corrected chi connectivity index (χ0v) is 9.75. The quantitative estimate of drug-likeness (QED) is 0.687. The van der Waals surface area contributed by atoms with Crippen LogP contribution in [-0.4, -0.2) is 0 Å². The van der Waals surface area contributed by atoms with Crippen molar-refractivity contribution in [1.82, 2.24) is 0 Å². The lowest BCUT2D eigenvalue weighted by molar-refractivity contribution is 0.442. The molecule has 1 aromatic heterocycles. The Labute approximate surface area is 90.3 Å². The molecule has 1 fully saturated rings. The molecule has 1 aromatic rings. The minimum atomic E-state index is 0.789. The van der Waals surface area contributed by atoms with Crippen molar-refractivity contribution >= 4 is 11.3 Å². The molecular formula is C13H18S. The van der Waals surface area contributed by atoms with Crippen molar-refractivity contribution in [3.63, 3.8) is 0 Å². The number of hydrogen-bond donors (Lipinski definition) is 0. The van der Waals surface area contributed by atoms with Crippen molar-refractivity contribution in [2.24, 2.45) is 5.41 Å². The topological polar surface area (TPSA) is 0 Å². The van der Waals surface area contributed by atoms with Crippen LogP contribution < -0.4 is 0 Å². The van der Waals surface area contributed by atoms with E-state index >= 15 is 0 Å². The molecule has 14 heavy (non-hydrogen) atoms. The first kappa shape index (κ1) is 8.96. The Morgan fingerprint density at radius 1 is 1.36 bits per heavy atom. The highest BCUT2D eigenvalue weighted by molar-refractivity contribution is 7.12. The molecule has 0 aromatic carbocycles. The van der Waals surface area contributed by atoms with E-state index in [2.05, 4.69) is 24.3 Å². The summed E-state index contributed by atoms with van der Waals surface area (Å²) in [5.74, 6) is 0. The molecule has 0 saturated heterocycles. The van der Waals surface area contributed by atoms with Crippen LogP contribution >= 0.6 is 11.3 Å². The molecule has 0 N–H and O–H groups in total. The Hall–Kier alpha value is -0.300. The Kier molecular flexibility index (Phi) is 1.98. The zero-order chi connectivity index (χ0) is 9.60. The van der Waals surface area contributed by atoms with Crippen molar-refractivity contribution in [2.45, 2.75) is 51.9 Å². The Morgan fingerprint density at radius 2 is 2.21 bits per heavy atom. The van der Waals surface area contributed by atoms with Crippen LogP contribution in [0.2, 0.25) is 0 Å². The summed E-state index contributed by atoms with van der Waals surface area (Å²) in [6.07, 6.45) is 9.87. The van der Waals surface area contributed by atoms with Gasteiger partial charge >= 0.3 is 0 Å². The fourth-order valence-corrected chi connectivity index (χ4v) is 4.02. The lowest BCUT2D eigenvalue weighted by Gasteiger charge is -2.20. The van der Waals surface area contributed by atoms with Gasteiger partial charge in [0, 0.05) is 9.75 Å². The highest BCUT2D eigenvalue weighted by Gasteiger charge is 2.44. The van der Waals surface area contributed by atoms with Gasteiger partial charge in [-0.15, -0.1) is 11.3 Å². The van der Waals surface area contributed by atoms with E-state index in [1.807, 2.05) is 0 Å². The Bertz CT molecular complexity index is 344. The number of aryl methyl sites for hydroxylation is 2. The molecule has 2 aliphatic carbocycles. The van der Waals surface area contributed by atoms with Gasteiger partial charge in [-0.2, -0.15) is 0 Å². The number of fused-ring (bicyclic) bond motifs is 1. The van der Waals surface area contributed by atoms with E-state index in [1.54, 1.807) is 15.3 Å². The molecule has 0 bridgehead atoms. The molecule has 0 amide bonds. The monoisotopic (exact) mass is 206 g/mol. The van der Waals surface area contributed by atoms with E-state index in [1.165, 1.54) is 44.9 Å². The van der Waals surface area contributed by atoms with Crippen LogP contribution in [0.4, 0.5) is 0 Å². The van der Waals surface area contributed by atoms with Crippen LogP contribution in [0.1, 0.15) is 47.9 Å². The van der Waals surface area contributed by atoms with Crippen LogP contribution in [0.5, 0.6) is 0 Å². The van der Waals surface area contributed by atoms with Gasteiger partial charge in [0.25, 0.3) is 0 Å². The van der Waals surface area contributed by atoms with Gasteiger partial charge in [0.1, 0.15) is 0 Å². The molecule has 0 aliphatic heterocycles. The molecule has 0 unspecified atom stereocenters. The molecule has 1 heteroatoms. The third kappa shape index (κ3) is 1.42. The van der Waals surface area contributed by atoms with Crippen LogP contribution in [0, 0.1) is 5.41 Å². The van der Waals surface area contributed by atoms with Gasteiger partial charge < -0.3 is 0 Å². The third-order valence-corrected chi connectivity index (χ3v) is 5.15. The minimum Gasteiger partial charge on any atom is -0.145 e. The van der Waals surface area contributed by atoms with E-state index < -0.39 is 0 Å². The maximum Gasteiger partial charge on any atom is 0.00805 e. The maximum atomic E-state index is 2.50. The lowest BCUT2D eigenvalue weighted by Crippen LogP contribution is -2.12. The number of hydrogen-bond acceptors (Lipinski definition) is 1. The van der Waals surface area contributed by atoms with Gasteiger partial charge in [0.05, 0.1) is 0 Å². The van der Waals surface area contributed by atoms with E-state index in [0.29, 0.717) is 0 Å². The lowest BCUT2D eigenvalue weighted by atomic mass is 9.86. The Morgan fingerprint density at radius 3 is 2.93 bits per heavy atom. The molecule has 0 radical (unpaired) electrons. The van der Waals surface area contributed by atoms with E-state index in [9.17, 15) is 0 Å². The number of thiophene rings is 1. The first-order valence-corrected chi connectivity index (χ1v) is 6.73. The molecular weight excluding hydrogens is 188 g/mol. The summed E-state index contributed by atoms with van der Waals surface area (Å²) >= 11 is 2.09. The zero-order valence-electron chi connectivity index (χ0n) is 8.94. The van der Waals surface area contributed by atoms with Gasteiger partial charge in [-0.1, -0.05) is 13.3 Å². The average molecular weight is 206 g/mol. The fourth-order valence-electron chi connectivity index (χ4n) is 2.73. The molecule has 0 nitrogen and oxygen atoms in total. The van der Waals surface area contributed by atoms with E-state index in [4.69, 9.17) is 0 Å². The summed E-state index contributed by atoms with van der Waals surface area (Å²) in [6.45, 7) is 2.28. The number of rotatable bonds is 2. The van der Waals surface area contributed by atoms with Crippen molar-refractivity contribution in [3.8, 4) is 0 Å². The average Bonchev–Trinajstić information content (AvgIpc) is 2.77. The maximum absolute atomic E-state index is 2.50. The summed E-state index contributed by atoms with van der Waals surface area (Å²) in [4.78, 5) is 3.35. The molecule has 2 aliphatic rings. The SMILES string of the molecule is CCCc1cc2c(s1)CCC1(CC1)C2. The highest BCUT2D eigenvalue weighted by atomic mass is 32.1. The molecule has 76 valence electrons. The normalized spacial score (nSPS) is 22.4. The van der Waals surface area contributed by atoms with Gasteiger partial charge in [-0.25, -0.2) is 0 Å². The minimum absolute atomic E-state index is 0.789. The van der Waals surface area contributed by atoms with Gasteiger partial charge in [0.2, 0.25) is 0 Å². The van der Waals surface area contributed by atoms with Crippen molar-refractivity contribution in [3.05, 3.63) is 21.4 Å². The van der Waals surface area contributed by atoms with E-state index in [-0.39, 0.29) is 0 Å². The highest BCUT2D eigenvalue weighted by Crippen LogP contribution is 2.55. The summed E-state index contributed by atoms with van der Waals surface area (Å²) < 4.78 is 0. The fraction of sp³-hybridized carbons (Fsp3) is 0.692. The van der Waals surface area contributed by atoms with Crippen LogP contribution in [0.25, 0.3) is 0 Å². The van der Waals surface area contributed by atoms with E-state index in [0.717, 1.165) is 5.41 Å². The molecule has 1 spiro atoms. The van der Waals surface area contributed by atoms with Gasteiger partial charge in [-0.05, 0) is 55.6 Å². The second kappa shape index (κ2) is 3.10.